The van der Waals surface area contributed by atoms with Gasteiger partial charge in [0.1, 0.15) is 0 Å². The third-order valence-electron chi connectivity index (χ3n) is 1.54. The Bertz CT molecular complexity index is 186. The molecular weight excluding hydrogens is 160 g/mol. The molecule has 0 unspecified atom stereocenters. The minimum atomic E-state index is -0.289. The number of aliphatic hydroxyl groups excluding tert-OH is 1. The average Bonchev–Trinajstić information content (AvgIpc) is 2.52. The maximum absolute atomic E-state index is 9.51. The second kappa shape index (κ2) is 4.49. The zero-order chi connectivity index (χ0) is 8.10. The van der Waals surface area contributed by atoms with Crippen LogP contribution in [-0.2, 0) is 0 Å². The first-order valence-electron chi connectivity index (χ1n) is 3.70. The summed E-state index contributed by atoms with van der Waals surface area (Å²) in [7, 11) is 1.89. The molecular formula is C8H13NOS. The van der Waals surface area contributed by atoms with Crippen molar-refractivity contribution in [1.82, 2.24) is 5.32 Å². The Hall–Kier alpha value is -0.380. The van der Waals surface area contributed by atoms with Crippen molar-refractivity contribution in [1.29, 1.82) is 0 Å². The predicted octanol–water partition coefficient (Wildman–Crippen LogP) is 1.39. The molecule has 11 heavy (non-hydrogen) atoms. The molecule has 0 amide bonds. The van der Waals surface area contributed by atoms with E-state index in [9.17, 15) is 5.11 Å². The van der Waals surface area contributed by atoms with Crippen LogP contribution in [0.25, 0.3) is 0 Å². The van der Waals surface area contributed by atoms with Crippen molar-refractivity contribution >= 4 is 11.3 Å². The highest BCUT2D eigenvalue weighted by Crippen LogP contribution is 2.20. The lowest BCUT2D eigenvalue weighted by molar-refractivity contribution is 0.171. The predicted molar refractivity (Wildman–Crippen MR) is 47.8 cm³/mol. The standard InChI is InChI=1S/C8H13NOS/c1-9-5-4-7(10)8-3-2-6-11-8/h2-3,6-7,9-10H,4-5H2,1H3/t7-/m1/s1/i7+2. The van der Waals surface area contributed by atoms with Crippen LogP contribution in [0.2, 0.25) is 0 Å². The highest BCUT2D eigenvalue weighted by molar-refractivity contribution is 7.10. The zero-order valence-corrected chi connectivity index (χ0v) is 7.40. The summed E-state index contributed by atoms with van der Waals surface area (Å²) in [5.41, 5.74) is 0. The van der Waals surface area contributed by atoms with Gasteiger partial charge in [-0.25, -0.2) is 0 Å². The number of rotatable bonds is 4. The van der Waals surface area contributed by atoms with Gasteiger partial charge in [-0.15, -0.1) is 11.3 Å². The molecule has 1 atom stereocenters. The van der Waals surface area contributed by atoms with Crippen molar-refractivity contribution in [2.45, 2.75) is 12.5 Å². The molecule has 0 fully saturated rings. The van der Waals surface area contributed by atoms with E-state index in [4.69, 9.17) is 0 Å². The summed E-state index contributed by atoms with van der Waals surface area (Å²) >= 11 is 1.60. The first-order chi connectivity index (χ1) is 5.34. The van der Waals surface area contributed by atoms with Gasteiger partial charge in [-0.05, 0) is 31.5 Å². The smallest absolute Gasteiger partial charge is 0.0894 e. The fourth-order valence-electron chi connectivity index (χ4n) is 0.904. The lowest BCUT2D eigenvalue weighted by atomic mass is 10.5. The number of hydrogen-bond acceptors (Lipinski definition) is 3. The molecule has 2 N–H and O–H groups in total. The molecule has 1 heterocycles. The SMILES string of the molecule is CNCC[14C@@H](O)c1cccs1. The van der Waals surface area contributed by atoms with E-state index in [1.54, 1.807) is 11.3 Å². The van der Waals surface area contributed by atoms with E-state index in [-0.39, 0.29) is 6.10 Å². The summed E-state index contributed by atoms with van der Waals surface area (Å²) in [6, 6.07) is 3.92. The second-order valence-electron chi connectivity index (χ2n) is 2.42. The van der Waals surface area contributed by atoms with E-state index in [2.05, 4.69) is 5.32 Å². The Morgan fingerprint density at radius 3 is 3.09 bits per heavy atom. The average molecular weight is 173 g/mol. The van der Waals surface area contributed by atoms with Crippen molar-refractivity contribution < 1.29 is 5.11 Å². The van der Waals surface area contributed by atoms with Crippen LogP contribution in [0.15, 0.2) is 17.5 Å². The second-order valence-corrected chi connectivity index (χ2v) is 3.40. The molecule has 1 rings (SSSR count). The topological polar surface area (TPSA) is 32.3 Å². The van der Waals surface area contributed by atoms with Gasteiger partial charge >= 0.3 is 0 Å². The molecule has 0 saturated heterocycles. The monoisotopic (exact) mass is 173 g/mol. The third-order valence-corrected chi connectivity index (χ3v) is 2.51. The first-order valence-corrected chi connectivity index (χ1v) is 4.58. The van der Waals surface area contributed by atoms with Gasteiger partial charge in [-0.2, -0.15) is 0 Å². The van der Waals surface area contributed by atoms with Gasteiger partial charge in [-0.3, -0.25) is 0 Å². The van der Waals surface area contributed by atoms with E-state index >= 15 is 0 Å². The highest BCUT2D eigenvalue weighted by atomic mass is 32.1. The summed E-state index contributed by atoms with van der Waals surface area (Å²) in [5.74, 6) is 0. The van der Waals surface area contributed by atoms with Crippen LogP contribution in [-0.4, -0.2) is 18.7 Å². The molecule has 0 aliphatic heterocycles. The molecule has 0 radical (unpaired) electrons. The summed E-state index contributed by atoms with van der Waals surface area (Å²) in [4.78, 5) is 1.06. The van der Waals surface area contributed by atoms with Gasteiger partial charge in [0.15, 0.2) is 0 Å². The Kier molecular flexibility index (Phi) is 3.56. The summed E-state index contributed by atoms with van der Waals surface area (Å²) in [5, 5.41) is 14.5. The third kappa shape index (κ3) is 2.61. The Morgan fingerprint density at radius 1 is 1.73 bits per heavy atom. The summed E-state index contributed by atoms with van der Waals surface area (Å²) in [6.07, 6.45) is 0.499. The summed E-state index contributed by atoms with van der Waals surface area (Å²) in [6.45, 7) is 0.860. The maximum atomic E-state index is 9.51. The highest BCUT2D eigenvalue weighted by Gasteiger charge is 2.06. The lowest BCUT2D eigenvalue weighted by Gasteiger charge is -2.06. The molecule has 2 nitrogen and oxygen atoms in total. The number of nitrogens with one attached hydrogen (secondary N) is 1. The quantitative estimate of drug-likeness (QED) is 0.721. The minimum Gasteiger partial charge on any atom is -0.388 e. The van der Waals surface area contributed by atoms with Crippen LogP contribution < -0.4 is 5.32 Å². The number of aliphatic hydroxyl groups is 1. The van der Waals surface area contributed by atoms with Crippen LogP contribution in [0, 0.1) is 0 Å². The van der Waals surface area contributed by atoms with E-state index in [0.717, 1.165) is 17.8 Å². The van der Waals surface area contributed by atoms with Gasteiger partial charge in [0.25, 0.3) is 0 Å². The van der Waals surface area contributed by atoms with E-state index in [1.807, 2.05) is 24.6 Å². The molecule has 0 bridgehead atoms. The minimum absolute atomic E-state index is 0.289. The van der Waals surface area contributed by atoms with Crippen molar-refractivity contribution in [3.05, 3.63) is 22.4 Å². The molecule has 62 valence electrons. The lowest BCUT2D eigenvalue weighted by Crippen LogP contribution is -2.11. The molecule has 0 aliphatic carbocycles. The fourth-order valence-corrected chi connectivity index (χ4v) is 1.65. The normalized spacial score (nSPS) is 13.3. The van der Waals surface area contributed by atoms with Crippen LogP contribution in [0.3, 0.4) is 0 Å². The molecule has 0 aromatic carbocycles. The van der Waals surface area contributed by atoms with Crippen molar-refractivity contribution in [3.8, 4) is 0 Å². The van der Waals surface area contributed by atoms with E-state index < -0.39 is 0 Å². The van der Waals surface area contributed by atoms with E-state index in [0.29, 0.717) is 0 Å². The largest absolute Gasteiger partial charge is 0.388 e. The molecule has 1 aromatic heterocycles. The number of thiophene rings is 1. The van der Waals surface area contributed by atoms with Crippen LogP contribution in [0.1, 0.15) is 17.4 Å². The van der Waals surface area contributed by atoms with Crippen molar-refractivity contribution in [3.63, 3.8) is 0 Å². The van der Waals surface area contributed by atoms with Crippen molar-refractivity contribution in [2.24, 2.45) is 0 Å². The molecule has 1 aromatic rings. The first kappa shape index (κ1) is 8.71. The Morgan fingerprint density at radius 2 is 2.55 bits per heavy atom. The molecule has 0 spiro atoms. The van der Waals surface area contributed by atoms with Gasteiger partial charge in [0.2, 0.25) is 0 Å². The molecule has 0 saturated carbocycles. The van der Waals surface area contributed by atoms with Gasteiger partial charge in [0, 0.05) is 4.88 Å². The molecule has 3 heteroatoms. The zero-order valence-electron chi connectivity index (χ0n) is 6.58. The van der Waals surface area contributed by atoms with Crippen LogP contribution >= 0.6 is 11.3 Å². The molecule has 0 aliphatic rings. The van der Waals surface area contributed by atoms with Crippen LogP contribution in [0.4, 0.5) is 0 Å². The van der Waals surface area contributed by atoms with Gasteiger partial charge in [-0.1, -0.05) is 6.07 Å². The number of hydrogen-bond donors (Lipinski definition) is 2. The van der Waals surface area contributed by atoms with E-state index in [1.165, 1.54) is 0 Å². The summed E-state index contributed by atoms with van der Waals surface area (Å²) < 4.78 is 0. The Labute approximate surface area is 70.9 Å². The maximum Gasteiger partial charge on any atom is 0.0894 e. The van der Waals surface area contributed by atoms with Gasteiger partial charge in [0.05, 0.1) is 6.10 Å². The van der Waals surface area contributed by atoms with Crippen molar-refractivity contribution in [2.75, 3.05) is 13.6 Å². The van der Waals surface area contributed by atoms with Crippen LogP contribution in [0.5, 0.6) is 0 Å². The Balaban J connectivity index is 2.36. The van der Waals surface area contributed by atoms with Gasteiger partial charge < -0.3 is 10.4 Å². The fraction of sp³-hybridized carbons (Fsp3) is 0.500.